The van der Waals surface area contributed by atoms with Gasteiger partial charge in [0.1, 0.15) is 5.75 Å². The molecule has 3 aromatic rings. The van der Waals surface area contributed by atoms with Gasteiger partial charge in [0.25, 0.3) is 0 Å². The lowest BCUT2D eigenvalue weighted by molar-refractivity contribution is 0.251. The Hall–Kier alpha value is -2.90. The van der Waals surface area contributed by atoms with E-state index in [1.165, 1.54) is 11.3 Å². The van der Waals surface area contributed by atoms with E-state index in [-0.39, 0.29) is 12.1 Å². The Balaban J connectivity index is 1.51. The fourth-order valence-electron chi connectivity index (χ4n) is 2.55. The maximum Gasteiger partial charge on any atom is 0.321 e. The summed E-state index contributed by atoms with van der Waals surface area (Å²) in [5, 5.41) is 7.97. The van der Waals surface area contributed by atoms with Crippen molar-refractivity contribution in [3.05, 3.63) is 76.8 Å². The van der Waals surface area contributed by atoms with Gasteiger partial charge >= 0.3 is 6.03 Å². The molecule has 27 heavy (non-hydrogen) atoms. The molecule has 0 bridgehead atoms. The number of thiazole rings is 1. The second-order valence-corrected chi connectivity index (χ2v) is 6.89. The quantitative estimate of drug-likeness (QED) is 0.581. The normalized spacial score (nSPS) is 11.6. The Morgan fingerprint density at radius 3 is 2.59 bits per heavy atom. The number of urea groups is 1. The number of anilines is 1. The van der Waals surface area contributed by atoms with Crippen molar-refractivity contribution in [2.45, 2.75) is 19.0 Å². The minimum absolute atomic E-state index is 0.238. The van der Waals surface area contributed by atoms with Crippen molar-refractivity contribution < 1.29 is 9.53 Å². The first-order chi connectivity index (χ1) is 13.1. The molecular formula is C20H22N4O2S. The summed E-state index contributed by atoms with van der Waals surface area (Å²) in [6.07, 6.45) is 0.660. The molecule has 0 spiro atoms. The van der Waals surface area contributed by atoms with E-state index in [2.05, 4.69) is 15.6 Å². The highest BCUT2D eigenvalue weighted by Gasteiger charge is 2.13. The van der Waals surface area contributed by atoms with Crippen LogP contribution in [-0.4, -0.2) is 18.1 Å². The van der Waals surface area contributed by atoms with Crippen molar-refractivity contribution in [1.82, 2.24) is 10.3 Å². The van der Waals surface area contributed by atoms with Crippen molar-refractivity contribution >= 4 is 22.5 Å². The third kappa shape index (κ3) is 5.54. The number of benzene rings is 2. The molecule has 4 N–H and O–H groups in total. The molecule has 3 rings (SSSR count). The largest absolute Gasteiger partial charge is 0.497 e. The maximum absolute atomic E-state index is 12.0. The first kappa shape index (κ1) is 18.9. The number of amides is 2. The monoisotopic (exact) mass is 382 g/mol. The summed E-state index contributed by atoms with van der Waals surface area (Å²) >= 11 is 1.36. The molecule has 0 aliphatic carbocycles. The van der Waals surface area contributed by atoms with Crippen LogP contribution in [-0.2, 0) is 13.0 Å². The zero-order valence-corrected chi connectivity index (χ0v) is 15.8. The molecule has 7 heteroatoms. The van der Waals surface area contributed by atoms with Gasteiger partial charge < -0.3 is 15.8 Å². The Morgan fingerprint density at radius 2 is 1.89 bits per heavy atom. The smallest absolute Gasteiger partial charge is 0.321 e. The van der Waals surface area contributed by atoms with Crippen molar-refractivity contribution in [2.24, 2.45) is 5.73 Å². The van der Waals surface area contributed by atoms with Crippen LogP contribution in [0.5, 0.6) is 5.75 Å². The zero-order chi connectivity index (χ0) is 19.1. The van der Waals surface area contributed by atoms with E-state index in [9.17, 15) is 4.79 Å². The van der Waals surface area contributed by atoms with Crippen molar-refractivity contribution in [3.8, 4) is 5.75 Å². The van der Waals surface area contributed by atoms with Gasteiger partial charge in [-0.2, -0.15) is 0 Å². The molecule has 0 fully saturated rings. The molecule has 0 aliphatic heterocycles. The highest BCUT2D eigenvalue weighted by Crippen LogP contribution is 2.23. The second-order valence-electron chi connectivity index (χ2n) is 6.03. The van der Waals surface area contributed by atoms with Gasteiger partial charge in [-0.3, -0.25) is 5.32 Å². The van der Waals surface area contributed by atoms with Gasteiger partial charge in [-0.05, 0) is 29.7 Å². The summed E-state index contributed by atoms with van der Waals surface area (Å²) in [4.78, 5) is 16.4. The number of methoxy groups -OCH3 is 1. The van der Waals surface area contributed by atoms with E-state index < -0.39 is 0 Å². The van der Waals surface area contributed by atoms with E-state index >= 15 is 0 Å². The van der Waals surface area contributed by atoms with Gasteiger partial charge in [-0.15, -0.1) is 11.3 Å². The molecule has 1 unspecified atom stereocenters. The predicted octanol–water partition coefficient (Wildman–Crippen LogP) is 3.72. The SMILES string of the molecule is COc1ccc(CC(N)c2csc(NC(=O)NCc3ccccc3)n2)cc1. The molecule has 0 radical (unpaired) electrons. The van der Waals surface area contributed by atoms with Gasteiger partial charge in [0.05, 0.1) is 18.8 Å². The number of hydrogen-bond donors (Lipinski definition) is 3. The summed E-state index contributed by atoms with van der Waals surface area (Å²) in [5.41, 5.74) is 9.16. The van der Waals surface area contributed by atoms with Crippen molar-refractivity contribution in [3.63, 3.8) is 0 Å². The second kappa shape index (κ2) is 9.16. The number of hydrogen-bond acceptors (Lipinski definition) is 5. The number of rotatable bonds is 7. The number of nitrogens with one attached hydrogen (secondary N) is 2. The van der Waals surface area contributed by atoms with Gasteiger partial charge in [0.2, 0.25) is 0 Å². The standard InChI is InChI=1S/C20H22N4O2S/c1-26-16-9-7-14(8-10-16)11-17(21)18-13-27-20(23-18)24-19(25)22-12-15-5-3-2-4-6-15/h2-10,13,17H,11-12,21H2,1H3,(H2,22,23,24,25). The lowest BCUT2D eigenvalue weighted by Crippen LogP contribution is -2.28. The molecule has 1 aromatic heterocycles. The third-order valence-electron chi connectivity index (χ3n) is 4.03. The van der Waals surface area contributed by atoms with Crippen LogP contribution in [0.2, 0.25) is 0 Å². The van der Waals surface area contributed by atoms with Crippen LogP contribution in [0.15, 0.2) is 60.0 Å². The summed E-state index contributed by atoms with van der Waals surface area (Å²) in [6.45, 7) is 0.460. The van der Waals surface area contributed by atoms with Crippen LogP contribution < -0.4 is 21.1 Å². The number of nitrogens with zero attached hydrogens (tertiary/aromatic N) is 1. The van der Waals surface area contributed by atoms with Crippen LogP contribution >= 0.6 is 11.3 Å². The van der Waals surface area contributed by atoms with Crippen molar-refractivity contribution in [2.75, 3.05) is 12.4 Å². The minimum Gasteiger partial charge on any atom is -0.497 e. The maximum atomic E-state index is 12.0. The third-order valence-corrected chi connectivity index (χ3v) is 4.81. The molecule has 140 valence electrons. The number of carbonyl (C=O) groups is 1. The Bertz CT molecular complexity index is 865. The van der Waals surface area contributed by atoms with Crippen LogP contribution in [0, 0.1) is 0 Å². The Kier molecular flexibility index (Phi) is 6.40. The number of aromatic nitrogens is 1. The Morgan fingerprint density at radius 1 is 1.15 bits per heavy atom. The lowest BCUT2D eigenvalue weighted by atomic mass is 10.0. The molecule has 2 aromatic carbocycles. The topological polar surface area (TPSA) is 89.3 Å². The highest BCUT2D eigenvalue weighted by molar-refractivity contribution is 7.13. The number of carbonyl (C=O) groups excluding carboxylic acids is 1. The van der Waals surface area contributed by atoms with E-state index in [1.807, 2.05) is 60.0 Å². The summed E-state index contributed by atoms with van der Waals surface area (Å²) in [5.74, 6) is 0.814. The number of nitrogens with two attached hydrogens (primary N) is 1. The fraction of sp³-hybridized carbons (Fsp3) is 0.200. The average Bonchev–Trinajstić information content (AvgIpc) is 3.16. The molecule has 0 saturated carbocycles. The average molecular weight is 382 g/mol. The number of ether oxygens (including phenoxy) is 1. The molecule has 1 atom stereocenters. The molecule has 1 heterocycles. The summed E-state index contributed by atoms with van der Waals surface area (Å²) < 4.78 is 5.16. The molecule has 0 saturated heterocycles. The highest BCUT2D eigenvalue weighted by atomic mass is 32.1. The lowest BCUT2D eigenvalue weighted by Gasteiger charge is -2.09. The first-order valence-corrected chi connectivity index (χ1v) is 9.44. The van der Waals surface area contributed by atoms with E-state index in [0.29, 0.717) is 18.1 Å². The zero-order valence-electron chi connectivity index (χ0n) is 15.0. The molecule has 2 amide bonds. The van der Waals surface area contributed by atoms with Crippen LogP contribution in [0.3, 0.4) is 0 Å². The summed E-state index contributed by atoms with van der Waals surface area (Å²) in [6, 6.07) is 17.0. The van der Waals surface area contributed by atoms with Gasteiger partial charge in [0, 0.05) is 11.9 Å². The van der Waals surface area contributed by atoms with E-state index in [0.717, 1.165) is 22.6 Å². The predicted molar refractivity (Wildman–Crippen MR) is 108 cm³/mol. The van der Waals surface area contributed by atoms with Gasteiger partial charge in [0.15, 0.2) is 5.13 Å². The van der Waals surface area contributed by atoms with E-state index in [1.54, 1.807) is 7.11 Å². The summed E-state index contributed by atoms with van der Waals surface area (Å²) in [7, 11) is 1.64. The van der Waals surface area contributed by atoms with E-state index in [4.69, 9.17) is 10.5 Å². The first-order valence-electron chi connectivity index (χ1n) is 8.57. The minimum atomic E-state index is -0.288. The van der Waals surface area contributed by atoms with Crippen LogP contribution in [0.25, 0.3) is 0 Å². The van der Waals surface area contributed by atoms with Gasteiger partial charge in [-0.25, -0.2) is 9.78 Å². The van der Waals surface area contributed by atoms with Crippen molar-refractivity contribution in [1.29, 1.82) is 0 Å². The molecule has 6 nitrogen and oxygen atoms in total. The van der Waals surface area contributed by atoms with Gasteiger partial charge in [-0.1, -0.05) is 42.5 Å². The molecule has 0 aliphatic rings. The Labute approximate surface area is 162 Å². The fourth-order valence-corrected chi connectivity index (χ4v) is 3.32. The molecular weight excluding hydrogens is 360 g/mol. The van der Waals surface area contributed by atoms with Crippen LogP contribution in [0.1, 0.15) is 22.9 Å². The van der Waals surface area contributed by atoms with Crippen LogP contribution in [0.4, 0.5) is 9.93 Å².